The van der Waals surface area contributed by atoms with Crippen molar-refractivity contribution in [3.63, 3.8) is 0 Å². The van der Waals surface area contributed by atoms with Crippen molar-refractivity contribution in [2.45, 2.75) is 45.5 Å². The second-order valence-corrected chi connectivity index (χ2v) is 7.94. The van der Waals surface area contributed by atoms with Gasteiger partial charge in [-0.3, -0.25) is 0 Å². The van der Waals surface area contributed by atoms with E-state index in [4.69, 9.17) is 0 Å². The van der Waals surface area contributed by atoms with Crippen LogP contribution in [0.3, 0.4) is 0 Å². The molecule has 2 aromatic rings. The maximum Gasteiger partial charge on any atom is 0.434 e. The Balaban J connectivity index is 2.23. The first kappa shape index (κ1) is 16.5. The van der Waals surface area contributed by atoms with Crippen molar-refractivity contribution in [3.05, 3.63) is 38.0 Å². The Kier molecular flexibility index (Phi) is 4.75. The van der Waals surface area contributed by atoms with E-state index in [1.807, 2.05) is 38.3 Å². The molecule has 21 heavy (non-hydrogen) atoms. The first-order valence-electron chi connectivity index (χ1n) is 6.48. The quantitative estimate of drug-likeness (QED) is 0.876. The molecule has 2 nitrogen and oxygen atoms in total. The molecule has 0 aliphatic heterocycles. The summed E-state index contributed by atoms with van der Waals surface area (Å²) in [5.41, 5.74) is -0.989. The zero-order valence-electron chi connectivity index (χ0n) is 12.0. The second kappa shape index (κ2) is 6.06. The lowest BCUT2D eigenvalue weighted by atomic mass is 10.1. The highest BCUT2D eigenvalue weighted by molar-refractivity contribution is 7.12. The summed E-state index contributed by atoms with van der Waals surface area (Å²) in [7, 11) is 0. The van der Waals surface area contributed by atoms with E-state index in [1.54, 1.807) is 0 Å². The van der Waals surface area contributed by atoms with Crippen molar-refractivity contribution in [2.24, 2.45) is 0 Å². The lowest BCUT2D eigenvalue weighted by Crippen LogP contribution is -2.35. The fourth-order valence-corrected chi connectivity index (χ4v) is 3.58. The Morgan fingerprint density at radius 3 is 2.48 bits per heavy atom. The van der Waals surface area contributed by atoms with E-state index < -0.39 is 11.9 Å². The molecule has 116 valence electrons. The molecule has 2 aromatic heterocycles. The van der Waals surface area contributed by atoms with E-state index in [0.29, 0.717) is 11.4 Å². The molecule has 0 atom stereocenters. The largest absolute Gasteiger partial charge is 0.434 e. The van der Waals surface area contributed by atoms with Gasteiger partial charge in [0.2, 0.25) is 0 Å². The van der Waals surface area contributed by atoms with Crippen molar-refractivity contribution < 1.29 is 13.2 Å². The van der Waals surface area contributed by atoms with E-state index in [1.165, 1.54) is 11.3 Å². The smallest absolute Gasteiger partial charge is 0.307 e. The maximum absolute atomic E-state index is 13.1. The van der Waals surface area contributed by atoms with Crippen LogP contribution >= 0.6 is 22.7 Å². The average Bonchev–Trinajstić information content (AvgIpc) is 2.94. The monoisotopic (exact) mass is 334 g/mol. The molecule has 0 aliphatic rings. The zero-order chi connectivity index (χ0) is 15.7. The lowest BCUT2D eigenvalue weighted by Gasteiger charge is -2.20. The van der Waals surface area contributed by atoms with Crippen LogP contribution in [0, 0.1) is 0 Å². The van der Waals surface area contributed by atoms with Crippen LogP contribution in [0.1, 0.15) is 41.2 Å². The molecular formula is C14H17F3N2S2. The molecule has 0 saturated carbocycles. The SMILES string of the molecule is CC(C)(C)NCc1sc(Cc2cccs2)nc1C(F)(F)F. The minimum absolute atomic E-state index is 0.181. The molecule has 2 heterocycles. The minimum atomic E-state index is -4.40. The molecule has 0 radical (unpaired) electrons. The molecule has 0 aromatic carbocycles. The van der Waals surface area contributed by atoms with Crippen molar-refractivity contribution >= 4 is 22.7 Å². The summed E-state index contributed by atoms with van der Waals surface area (Å²) in [5.74, 6) is 0. The van der Waals surface area contributed by atoms with E-state index in [9.17, 15) is 13.2 Å². The first-order chi connectivity index (χ1) is 9.65. The zero-order valence-corrected chi connectivity index (χ0v) is 13.7. The summed E-state index contributed by atoms with van der Waals surface area (Å²) in [5, 5.41) is 5.52. The standard InChI is InChI=1S/C14H17F3N2S2/c1-13(2,3)18-8-10-12(14(15,16)17)19-11(21-10)7-9-5-4-6-20-9/h4-6,18H,7-8H2,1-3H3. The van der Waals surface area contributed by atoms with Crippen LogP contribution in [0.5, 0.6) is 0 Å². The predicted molar refractivity (Wildman–Crippen MR) is 80.8 cm³/mol. The van der Waals surface area contributed by atoms with E-state index >= 15 is 0 Å². The summed E-state index contributed by atoms with van der Waals surface area (Å²) < 4.78 is 39.2. The van der Waals surface area contributed by atoms with Crippen molar-refractivity contribution in [2.75, 3.05) is 0 Å². The molecule has 0 aliphatic carbocycles. The van der Waals surface area contributed by atoms with Crippen molar-refractivity contribution in [1.29, 1.82) is 0 Å². The van der Waals surface area contributed by atoms with Crippen LogP contribution in [0.2, 0.25) is 0 Å². The highest BCUT2D eigenvalue weighted by Crippen LogP contribution is 2.35. The number of nitrogens with zero attached hydrogens (tertiary/aromatic N) is 1. The third-order valence-corrected chi connectivity index (χ3v) is 4.63. The average molecular weight is 334 g/mol. The van der Waals surface area contributed by atoms with Crippen LogP contribution in [-0.2, 0) is 19.1 Å². The van der Waals surface area contributed by atoms with Crippen molar-refractivity contribution in [1.82, 2.24) is 10.3 Å². The fourth-order valence-electron chi connectivity index (χ4n) is 1.72. The number of hydrogen-bond donors (Lipinski definition) is 1. The van der Waals surface area contributed by atoms with Gasteiger partial charge >= 0.3 is 6.18 Å². The molecule has 0 unspecified atom stereocenters. The Morgan fingerprint density at radius 1 is 1.24 bits per heavy atom. The highest BCUT2D eigenvalue weighted by Gasteiger charge is 2.37. The number of aromatic nitrogens is 1. The lowest BCUT2D eigenvalue weighted by molar-refractivity contribution is -0.141. The van der Waals surface area contributed by atoms with Gasteiger partial charge < -0.3 is 5.32 Å². The van der Waals surface area contributed by atoms with Gasteiger partial charge in [0, 0.05) is 23.4 Å². The summed E-state index contributed by atoms with van der Waals surface area (Å²) in [4.78, 5) is 5.09. The van der Waals surface area contributed by atoms with Crippen molar-refractivity contribution in [3.8, 4) is 0 Å². The van der Waals surface area contributed by atoms with E-state index in [0.717, 1.165) is 16.2 Å². The number of alkyl halides is 3. The molecular weight excluding hydrogens is 317 g/mol. The molecule has 0 fully saturated rings. The van der Waals surface area contributed by atoms with Gasteiger partial charge in [-0.15, -0.1) is 22.7 Å². The molecule has 0 saturated heterocycles. The summed E-state index contributed by atoms with van der Waals surface area (Å²) in [6.45, 7) is 5.95. The molecule has 0 spiro atoms. The number of thiazole rings is 1. The van der Waals surface area contributed by atoms with Crippen LogP contribution in [0.25, 0.3) is 0 Å². The summed E-state index contributed by atoms with van der Waals surface area (Å²) >= 11 is 2.67. The Bertz CT molecular complexity index is 580. The highest BCUT2D eigenvalue weighted by atomic mass is 32.1. The van der Waals surface area contributed by atoms with Crippen LogP contribution in [0.15, 0.2) is 17.5 Å². The van der Waals surface area contributed by atoms with Gasteiger partial charge in [-0.25, -0.2) is 4.98 Å². The van der Waals surface area contributed by atoms with Gasteiger partial charge in [0.15, 0.2) is 5.69 Å². The molecule has 7 heteroatoms. The predicted octanol–water partition coefficient (Wildman–Crippen LogP) is 4.70. The molecule has 0 amide bonds. The van der Waals surface area contributed by atoms with Crippen LogP contribution in [0.4, 0.5) is 13.2 Å². The normalized spacial score (nSPS) is 12.9. The molecule has 0 bridgehead atoms. The van der Waals surface area contributed by atoms with Gasteiger partial charge in [0.1, 0.15) is 0 Å². The first-order valence-corrected chi connectivity index (χ1v) is 8.18. The van der Waals surface area contributed by atoms with E-state index in [2.05, 4.69) is 10.3 Å². The van der Waals surface area contributed by atoms with Gasteiger partial charge in [-0.05, 0) is 32.2 Å². The Labute approximate surface area is 130 Å². The maximum atomic E-state index is 13.1. The number of rotatable bonds is 4. The summed E-state index contributed by atoms with van der Waals surface area (Å²) in [6, 6.07) is 3.80. The summed E-state index contributed by atoms with van der Waals surface area (Å²) in [6.07, 6.45) is -3.94. The third-order valence-electron chi connectivity index (χ3n) is 2.69. The fraction of sp³-hybridized carbons (Fsp3) is 0.500. The third kappa shape index (κ3) is 4.79. The topological polar surface area (TPSA) is 24.9 Å². The number of thiophene rings is 1. The van der Waals surface area contributed by atoms with Gasteiger partial charge in [-0.1, -0.05) is 6.07 Å². The van der Waals surface area contributed by atoms with Gasteiger partial charge in [-0.2, -0.15) is 13.2 Å². The number of halogens is 3. The number of nitrogens with one attached hydrogen (secondary N) is 1. The molecule has 2 rings (SSSR count). The minimum Gasteiger partial charge on any atom is -0.307 e. The van der Waals surface area contributed by atoms with E-state index in [-0.39, 0.29) is 17.0 Å². The molecule has 1 N–H and O–H groups in total. The van der Waals surface area contributed by atoms with Gasteiger partial charge in [0.25, 0.3) is 0 Å². The Morgan fingerprint density at radius 2 is 1.95 bits per heavy atom. The van der Waals surface area contributed by atoms with Gasteiger partial charge in [0.05, 0.1) is 9.88 Å². The van der Waals surface area contributed by atoms with Crippen LogP contribution < -0.4 is 5.32 Å². The second-order valence-electron chi connectivity index (χ2n) is 5.74. The number of hydrogen-bond acceptors (Lipinski definition) is 4. The Hall–Kier alpha value is -0.920. The van der Waals surface area contributed by atoms with Crippen LogP contribution in [-0.4, -0.2) is 10.5 Å².